The van der Waals surface area contributed by atoms with E-state index in [2.05, 4.69) is 38.4 Å². The fourth-order valence-corrected chi connectivity index (χ4v) is 6.74. The van der Waals surface area contributed by atoms with E-state index in [9.17, 15) is 0 Å². The lowest BCUT2D eigenvalue weighted by Gasteiger charge is -2.35. The monoisotopic (exact) mass is 466 g/mol. The van der Waals surface area contributed by atoms with Crippen LogP contribution in [0.15, 0.2) is 0 Å². The van der Waals surface area contributed by atoms with Crippen LogP contribution in [0.1, 0.15) is 85.5 Å². The molecule has 29 heavy (non-hydrogen) atoms. The van der Waals surface area contributed by atoms with E-state index in [1.54, 1.807) is 0 Å². The van der Waals surface area contributed by atoms with Crippen LogP contribution in [0.2, 0.25) is 0 Å². The zero-order valence-electron chi connectivity index (χ0n) is 19.0. The molecule has 0 aliphatic heterocycles. The topological polar surface area (TPSA) is 65.7 Å². The Kier molecular flexibility index (Phi) is 22.0. The summed E-state index contributed by atoms with van der Waals surface area (Å²) in [5, 5.41) is 17.5. The van der Waals surface area contributed by atoms with Gasteiger partial charge in [-0.2, -0.15) is 5.26 Å². The average Bonchev–Trinajstić information content (AvgIpc) is 2.67. The van der Waals surface area contributed by atoms with E-state index in [0.717, 1.165) is 25.9 Å². The lowest BCUT2D eigenvalue weighted by molar-refractivity contribution is 0.174. The molecule has 0 aromatic carbocycles. The first kappa shape index (κ1) is 29.5. The fourth-order valence-electron chi connectivity index (χ4n) is 2.82. The molecule has 8 heteroatoms. The van der Waals surface area contributed by atoms with E-state index in [-0.39, 0.29) is 0 Å². The van der Waals surface area contributed by atoms with Crippen molar-refractivity contribution in [1.29, 1.82) is 5.26 Å². The number of aliphatic hydroxyl groups is 1. The van der Waals surface area contributed by atoms with Crippen LogP contribution in [-0.2, 0) is 9.05 Å². The minimum Gasteiger partial charge on any atom is -0.396 e. The Bertz CT molecular complexity index is 391. The lowest BCUT2D eigenvalue weighted by atomic mass is 10.2. The predicted molar refractivity (Wildman–Crippen MR) is 130 cm³/mol. The Labute approximate surface area is 189 Å². The SMILES string of the molecule is CC(C)N(C(C)C)P(OCCC#N)OCCCCCCSSCCCCCCO. The summed E-state index contributed by atoms with van der Waals surface area (Å²) >= 11 is 0. The Morgan fingerprint density at radius 3 is 1.86 bits per heavy atom. The van der Waals surface area contributed by atoms with Crippen molar-refractivity contribution in [3.63, 3.8) is 0 Å². The Hall–Kier alpha value is 0.460. The van der Waals surface area contributed by atoms with Crippen molar-refractivity contribution in [1.82, 2.24) is 4.67 Å². The summed E-state index contributed by atoms with van der Waals surface area (Å²) in [6.45, 7) is 10.2. The molecule has 5 nitrogen and oxygen atoms in total. The summed E-state index contributed by atoms with van der Waals surface area (Å²) in [7, 11) is 2.89. The molecular formula is C21H43N2O3PS2. The third-order valence-electron chi connectivity index (χ3n) is 4.21. The lowest BCUT2D eigenvalue weighted by Crippen LogP contribution is -2.33. The van der Waals surface area contributed by atoms with Crippen LogP contribution in [0, 0.1) is 11.3 Å². The first-order valence-corrected chi connectivity index (χ1v) is 14.7. The van der Waals surface area contributed by atoms with Crippen LogP contribution in [0.4, 0.5) is 0 Å². The molecule has 0 aromatic rings. The summed E-state index contributed by atoms with van der Waals surface area (Å²) in [4.78, 5) is 0. The molecule has 0 aromatic heterocycles. The standard InChI is InChI=1S/C21H43N2O3PS2/c1-20(2)23(21(3)4)27(26-17-13-14-22)25-16-10-6-8-12-19-29-28-18-11-7-5-9-15-24/h20-21,24H,5-13,15-19H2,1-4H3. The Balaban J connectivity index is 3.77. The summed E-state index contributed by atoms with van der Waals surface area (Å²) < 4.78 is 14.3. The maximum absolute atomic E-state index is 8.76. The second-order valence-corrected chi connectivity index (χ2v) is 11.7. The molecule has 0 heterocycles. The number of hydrogen-bond donors (Lipinski definition) is 1. The van der Waals surface area contributed by atoms with Gasteiger partial charge in [-0.05, 0) is 53.4 Å². The molecule has 0 spiro atoms. The van der Waals surface area contributed by atoms with Crippen LogP contribution in [0.3, 0.4) is 0 Å². The summed E-state index contributed by atoms with van der Waals surface area (Å²) in [6, 6.07) is 2.85. The second-order valence-electron chi connectivity index (χ2n) is 7.58. The average molecular weight is 467 g/mol. The Morgan fingerprint density at radius 2 is 1.34 bits per heavy atom. The molecule has 0 saturated carbocycles. The van der Waals surface area contributed by atoms with Crippen molar-refractivity contribution in [2.24, 2.45) is 0 Å². The summed E-state index contributed by atoms with van der Waals surface area (Å²) in [5.41, 5.74) is 0. The van der Waals surface area contributed by atoms with Gasteiger partial charge in [-0.3, -0.25) is 0 Å². The van der Waals surface area contributed by atoms with Crippen molar-refractivity contribution in [3.05, 3.63) is 0 Å². The number of unbranched alkanes of at least 4 members (excludes halogenated alkanes) is 6. The van der Waals surface area contributed by atoms with Gasteiger partial charge in [0.05, 0.1) is 25.7 Å². The van der Waals surface area contributed by atoms with Crippen molar-refractivity contribution in [2.75, 3.05) is 31.3 Å². The number of hydrogen-bond acceptors (Lipinski definition) is 7. The van der Waals surface area contributed by atoms with E-state index >= 15 is 0 Å². The molecule has 0 rings (SSSR count). The molecule has 1 unspecified atom stereocenters. The van der Waals surface area contributed by atoms with Crippen LogP contribution >= 0.6 is 30.1 Å². The second kappa shape index (κ2) is 21.7. The van der Waals surface area contributed by atoms with Gasteiger partial charge in [0, 0.05) is 30.2 Å². The predicted octanol–water partition coefficient (Wildman–Crippen LogP) is 6.77. The molecule has 0 bridgehead atoms. The van der Waals surface area contributed by atoms with Crippen LogP contribution in [0.25, 0.3) is 0 Å². The zero-order valence-corrected chi connectivity index (χ0v) is 21.5. The van der Waals surface area contributed by atoms with Gasteiger partial charge in [0.25, 0.3) is 8.53 Å². The summed E-state index contributed by atoms with van der Waals surface area (Å²) in [6.07, 6.45) is 9.78. The molecule has 0 amide bonds. The van der Waals surface area contributed by atoms with E-state index in [1.165, 1.54) is 43.6 Å². The van der Waals surface area contributed by atoms with E-state index < -0.39 is 8.53 Å². The van der Waals surface area contributed by atoms with Gasteiger partial charge in [0.15, 0.2) is 0 Å². The van der Waals surface area contributed by atoms with Gasteiger partial charge < -0.3 is 14.2 Å². The third-order valence-corrected chi connectivity index (χ3v) is 8.89. The highest BCUT2D eigenvalue weighted by Crippen LogP contribution is 2.46. The van der Waals surface area contributed by atoms with Crippen molar-refractivity contribution in [3.8, 4) is 6.07 Å². The number of aliphatic hydroxyl groups excluding tert-OH is 1. The van der Waals surface area contributed by atoms with Gasteiger partial charge in [0.1, 0.15) is 0 Å². The van der Waals surface area contributed by atoms with Crippen LogP contribution < -0.4 is 0 Å². The molecule has 1 N–H and O–H groups in total. The van der Waals surface area contributed by atoms with Gasteiger partial charge >= 0.3 is 0 Å². The minimum absolute atomic E-state index is 0.330. The highest BCUT2D eigenvalue weighted by Gasteiger charge is 2.26. The molecule has 0 radical (unpaired) electrons. The normalized spacial score (nSPS) is 12.8. The molecule has 0 aliphatic rings. The van der Waals surface area contributed by atoms with Crippen LogP contribution in [0.5, 0.6) is 0 Å². The van der Waals surface area contributed by atoms with E-state index in [4.69, 9.17) is 19.4 Å². The highest BCUT2D eigenvalue weighted by molar-refractivity contribution is 8.76. The quantitative estimate of drug-likeness (QED) is 0.114. The van der Waals surface area contributed by atoms with Gasteiger partial charge in [-0.1, -0.05) is 47.3 Å². The smallest absolute Gasteiger partial charge is 0.259 e. The molecule has 0 saturated heterocycles. The van der Waals surface area contributed by atoms with Gasteiger partial charge in [-0.25, -0.2) is 4.67 Å². The maximum Gasteiger partial charge on any atom is 0.259 e. The van der Waals surface area contributed by atoms with Crippen LogP contribution in [-0.4, -0.2) is 53.2 Å². The van der Waals surface area contributed by atoms with Crippen molar-refractivity contribution >= 4 is 30.1 Å². The number of rotatable bonds is 21. The van der Waals surface area contributed by atoms with Crippen molar-refractivity contribution < 1.29 is 14.2 Å². The van der Waals surface area contributed by atoms with E-state index in [1.807, 2.05) is 21.6 Å². The zero-order chi connectivity index (χ0) is 21.7. The molecule has 1 atom stereocenters. The largest absolute Gasteiger partial charge is 0.396 e. The van der Waals surface area contributed by atoms with Crippen molar-refractivity contribution in [2.45, 2.75) is 97.6 Å². The maximum atomic E-state index is 8.76. The van der Waals surface area contributed by atoms with Gasteiger partial charge in [0.2, 0.25) is 0 Å². The first-order chi connectivity index (χ1) is 14.0. The first-order valence-electron chi connectivity index (χ1n) is 11.1. The van der Waals surface area contributed by atoms with Gasteiger partial charge in [-0.15, -0.1) is 0 Å². The Morgan fingerprint density at radius 1 is 0.828 bits per heavy atom. The molecular weight excluding hydrogens is 423 g/mol. The number of nitrogens with zero attached hydrogens (tertiary/aromatic N) is 2. The third kappa shape index (κ3) is 17.8. The molecule has 0 aliphatic carbocycles. The minimum atomic E-state index is -1.09. The highest BCUT2D eigenvalue weighted by atomic mass is 33.1. The number of nitriles is 1. The molecule has 0 fully saturated rings. The fraction of sp³-hybridized carbons (Fsp3) is 0.952. The molecule has 172 valence electrons. The van der Waals surface area contributed by atoms with E-state index in [0.29, 0.717) is 31.7 Å². The summed E-state index contributed by atoms with van der Waals surface area (Å²) in [5.74, 6) is 2.45.